The fourth-order valence-electron chi connectivity index (χ4n) is 3.57. The molecule has 0 bridgehead atoms. The molecule has 1 atom stereocenters. The summed E-state index contributed by atoms with van der Waals surface area (Å²) in [6.45, 7) is 8.84. The van der Waals surface area contributed by atoms with Crippen molar-refractivity contribution >= 4 is 23.4 Å². The van der Waals surface area contributed by atoms with Crippen molar-refractivity contribution < 1.29 is 19.1 Å². The lowest BCUT2D eigenvalue weighted by Gasteiger charge is -2.26. The molecule has 0 aromatic carbocycles. The summed E-state index contributed by atoms with van der Waals surface area (Å²) in [5, 5.41) is 7.93. The van der Waals surface area contributed by atoms with Crippen LogP contribution in [0.5, 0.6) is 0 Å². The Morgan fingerprint density at radius 1 is 1.19 bits per heavy atom. The van der Waals surface area contributed by atoms with Crippen LogP contribution in [0.3, 0.4) is 0 Å². The minimum Gasteiger partial charge on any atom is -0.465 e. The van der Waals surface area contributed by atoms with E-state index in [-0.39, 0.29) is 12.1 Å². The number of hydrogen-bond acceptors (Lipinski definition) is 7. The molecule has 3 heterocycles. The number of aromatic nitrogens is 3. The van der Waals surface area contributed by atoms with E-state index in [1.807, 2.05) is 38.6 Å². The maximum absolute atomic E-state index is 12.4. The van der Waals surface area contributed by atoms with E-state index < -0.39 is 11.6 Å². The second-order valence-corrected chi connectivity index (χ2v) is 8.70. The molecule has 2 aromatic rings. The third kappa shape index (κ3) is 5.74. The Morgan fingerprint density at radius 2 is 1.97 bits per heavy atom. The molecule has 0 radical (unpaired) electrons. The summed E-state index contributed by atoms with van der Waals surface area (Å²) in [6.07, 6.45) is 7.40. The zero-order valence-electron chi connectivity index (χ0n) is 18.8. The number of nitrogens with zero attached hydrogens (tertiary/aromatic N) is 4. The third-order valence-corrected chi connectivity index (χ3v) is 5.14. The Labute approximate surface area is 182 Å². The zero-order valence-corrected chi connectivity index (χ0v) is 18.8. The van der Waals surface area contributed by atoms with Gasteiger partial charge in [0.1, 0.15) is 5.60 Å². The largest absolute Gasteiger partial charge is 0.465 e. The van der Waals surface area contributed by atoms with Gasteiger partial charge in [-0.1, -0.05) is 0 Å². The van der Waals surface area contributed by atoms with Crippen LogP contribution >= 0.6 is 0 Å². The van der Waals surface area contributed by atoms with Crippen molar-refractivity contribution in [1.82, 2.24) is 19.7 Å². The van der Waals surface area contributed by atoms with Crippen molar-refractivity contribution in [3.8, 4) is 0 Å². The van der Waals surface area contributed by atoms with E-state index in [0.29, 0.717) is 24.3 Å². The number of amides is 1. The van der Waals surface area contributed by atoms with Gasteiger partial charge in [0, 0.05) is 25.5 Å². The Bertz CT molecular complexity index is 934. The van der Waals surface area contributed by atoms with Gasteiger partial charge in [-0.05, 0) is 53.0 Å². The summed E-state index contributed by atoms with van der Waals surface area (Å²) in [7, 11) is 1.35. The summed E-state index contributed by atoms with van der Waals surface area (Å²) < 4.78 is 12.3. The van der Waals surface area contributed by atoms with Crippen molar-refractivity contribution in [2.24, 2.45) is 0 Å². The molecule has 3 rings (SSSR count). The minimum atomic E-state index is -0.502. The van der Waals surface area contributed by atoms with E-state index in [4.69, 9.17) is 9.47 Å². The van der Waals surface area contributed by atoms with Crippen LogP contribution in [0.15, 0.2) is 24.7 Å². The highest BCUT2D eigenvalue weighted by Gasteiger charge is 2.26. The molecule has 1 amide bonds. The second-order valence-electron chi connectivity index (χ2n) is 8.70. The van der Waals surface area contributed by atoms with Crippen molar-refractivity contribution in [3.63, 3.8) is 0 Å². The van der Waals surface area contributed by atoms with E-state index in [1.54, 1.807) is 23.4 Å². The third-order valence-electron chi connectivity index (χ3n) is 5.14. The number of pyridine rings is 1. The lowest BCUT2D eigenvalue weighted by atomic mass is 10.1. The number of rotatable bonds is 4. The lowest BCUT2D eigenvalue weighted by molar-refractivity contribution is 0.0255. The number of likely N-dealkylation sites (tertiary alicyclic amines) is 1. The Morgan fingerprint density at radius 3 is 2.68 bits per heavy atom. The monoisotopic (exact) mass is 429 g/mol. The molecule has 0 spiro atoms. The fourth-order valence-corrected chi connectivity index (χ4v) is 3.57. The fraction of sp³-hybridized carbons (Fsp3) is 0.545. The molecule has 1 aliphatic rings. The van der Waals surface area contributed by atoms with Crippen LogP contribution in [0.4, 0.5) is 16.2 Å². The van der Waals surface area contributed by atoms with Crippen LogP contribution < -0.4 is 5.32 Å². The molecule has 168 valence electrons. The molecule has 1 fully saturated rings. The van der Waals surface area contributed by atoms with Gasteiger partial charge in [-0.3, -0.25) is 9.67 Å². The van der Waals surface area contributed by atoms with Crippen LogP contribution in [-0.2, 0) is 9.47 Å². The number of carbonyl (C=O) groups excluding carboxylic acids is 2. The van der Waals surface area contributed by atoms with Gasteiger partial charge in [0.25, 0.3) is 0 Å². The summed E-state index contributed by atoms with van der Waals surface area (Å²) in [5.74, 6) is -0.430. The number of ether oxygens (including phenoxy) is 2. The highest BCUT2D eigenvalue weighted by molar-refractivity contribution is 5.96. The summed E-state index contributed by atoms with van der Waals surface area (Å²) in [6, 6.07) is 1.79. The molecule has 1 aliphatic heterocycles. The number of hydrogen-bond donors (Lipinski definition) is 1. The number of anilines is 2. The SMILES string of the molecule is COC(=O)c1ccncc1Nc1cn([C@@H]2CCCN(C(=O)OC(C)(C)C)CC2)nc1C. The van der Waals surface area contributed by atoms with E-state index in [9.17, 15) is 9.59 Å². The van der Waals surface area contributed by atoms with E-state index in [2.05, 4.69) is 15.4 Å². The number of methoxy groups -OCH3 is 1. The quantitative estimate of drug-likeness (QED) is 0.731. The average molecular weight is 430 g/mol. The topological polar surface area (TPSA) is 98.6 Å². The zero-order chi connectivity index (χ0) is 22.6. The van der Waals surface area contributed by atoms with Crippen LogP contribution in [0.1, 0.15) is 62.1 Å². The van der Waals surface area contributed by atoms with E-state index in [0.717, 1.165) is 30.6 Å². The van der Waals surface area contributed by atoms with Crippen molar-refractivity contribution in [2.75, 3.05) is 25.5 Å². The molecular formula is C22H31N5O4. The van der Waals surface area contributed by atoms with Crippen molar-refractivity contribution in [1.29, 1.82) is 0 Å². The first-order valence-corrected chi connectivity index (χ1v) is 10.5. The van der Waals surface area contributed by atoms with Crippen LogP contribution in [-0.4, -0.2) is 57.5 Å². The van der Waals surface area contributed by atoms with Gasteiger partial charge in [0.05, 0.1) is 42.0 Å². The van der Waals surface area contributed by atoms with Gasteiger partial charge >= 0.3 is 12.1 Å². The number of esters is 1. The van der Waals surface area contributed by atoms with Gasteiger partial charge < -0.3 is 19.7 Å². The standard InChI is InChI=1S/C22H31N5O4/c1-15-19(24-18-13-23-10-8-17(18)20(28)30-5)14-27(25-15)16-7-6-11-26(12-9-16)21(29)31-22(2,3)4/h8,10,13-14,16,24H,6-7,9,11-12H2,1-5H3/t16-/m1/s1. The van der Waals surface area contributed by atoms with Crippen molar-refractivity contribution in [3.05, 3.63) is 35.9 Å². The number of carbonyl (C=O) groups is 2. The first-order valence-electron chi connectivity index (χ1n) is 10.5. The highest BCUT2D eigenvalue weighted by atomic mass is 16.6. The summed E-state index contributed by atoms with van der Waals surface area (Å²) in [4.78, 5) is 30.3. The van der Waals surface area contributed by atoms with E-state index in [1.165, 1.54) is 7.11 Å². The Hall–Kier alpha value is -3.10. The highest BCUT2D eigenvalue weighted by Crippen LogP contribution is 2.28. The molecule has 1 N–H and O–H groups in total. The summed E-state index contributed by atoms with van der Waals surface area (Å²) >= 11 is 0. The van der Waals surface area contributed by atoms with Crippen LogP contribution in [0.25, 0.3) is 0 Å². The molecule has 2 aromatic heterocycles. The molecular weight excluding hydrogens is 398 g/mol. The Kier molecular flexibility index (Phi) is 6.82. The number of nitrogens with one attached hydrogen (secondary N) is 1. The van der Waals surface area contributed by atoms with E-state index >= 15 is 0 Å². The minimum absolute atomic E-state index is 0.177. The molecule has 0 saturated carbocycles. The first-order chi connectivity index (χ1) is 14.7. The van der Waals surface area contributed by atoms with Gasteiger partial charge in [-0.2, -0.15) is 5.10 Å². The normalized spacial score (nSPS) is 17.1. The molecule has 0 unspecified atom stereocenters. The first kappa shape index (κ1) is 22.6. The van der Waals surface area contributed by atoms with Gasteiger partial charge in [-0.15, -0.1) is 0 Å². The predicted octanol–water partition coefficient (Wildman–Crippen LogP) is 4.08. The molecule has 1 saturated heterocycles. The Balaban J connectivity index is 1.70. The van der Waals surface area contributed by atoms with Crippen LogP contribution in [0.2, 0.25) is 0 Å². The molecule has 0 aliphatic carbocycles. The predicted molar refractivity (Wildman–Crippen MR) is 117 cm³/mol. The van der Waals surface area contributed by atoms with Gasteiger partial charge in [0.2, 0.25) is 0 Å². The van der Waals surface area contributed by atoms with Gasteiger partial charge in [0.15, 0.2) is 0 Å². The maximum atomic E-state index is 12.4. The van der Waals surface area contributed by atoms with Crippen LogP contribution in [0, 0.1) is 6.92 Å². The maximum Gasteiger partial charge on any atom is 0.410 e. The molecule has 9 nitrogen and oxygen atoms in total. The molecule has 9 heteroatoms. The van der Waals surface area contributed by atoms with Gasteiger partial charge in [-0.25, -0.2) is 9.59 Å². The molecule has 31 heavy (non-hydrogen) atoms. The average Bonchev–Trinajstić information content (AvgIpc) is 2.92. The summed E-state index contributed by atoms with van der Waals surface area (Å²) in [5.41, 5.74) is 2.08. The number of aryl methyl sites for hydroxylation is 1. The second kappa shape index (κ2) is 9.36. The smallest absolute Gasteiger partial charge is 0.410 e. The van der Waals surface area contributed by atoms with Crippen molar-refractivity contribution in [2.45, 2.75) is 58.6 Å². The lowest BCUT2D eigenvalue weighted by Crippen LogP contribution is -2.37.